The number of nitrogens with two attached hydrogens (primary N) is 1. The van der Waals surface area contributed by atoms with E-state index in [-0.39, 0.29) is 18.1 Å². The van der Waals surface area contributed by atoms with E-state index in [0.717, 1.165) is 12.8 Å². The Bertz CT molecular complexity index is 389. The Hall–Kier alpha value is -1.62. The number of nitrogens with zero attached hydrogens (tertiary/aromatic N) is 1. The molecule has 5 heteroatoms. The molecule has 1 saturated carbocycles. The van der Waals surface area contributed by atoms with Crippen molar-refractivity contribution in [1.82, 2.24) is 10.3 Å². The van der Waals surface area contributed by atoms with Gasteiger partial charge in [-0.3, -0.25) is 9.78 Å². The number of nitrogen functional groups attached to an aromatic ring is 1. The zero-order chi connectivity index (χ0) is 11.5. The second kappa shape index (κ2) is 4.49. The maximum absolute atomic E-state index is 11.8. The highest BCUT2D eigenvalue weighted by atomic mass is 16.5. The van der Waals surface area contributed by atoms with Crippen molar-refractivity contribution in [2.24, 2.45) is 0 Å². The highest BCUT2D eigenvalue weighted by Crippen LogP contribution is 2.23. The van der Waals surface area contributed by atoms with Crippen LogP contribution in [0, 0.1) is 0 Å². The molecule has 1 fully saturated rings. The average Bonchev–Trinajstić information content (AvgIpc) is 2.23. The molecule has 0 aromatic carbocycles. The normalized spacial score (nSPS) is 23.6. The molecule has 86 valence electrons. The van der Waals surface area contributed by atoms with Gasteiger partial charge < -0.3 is 15.8 Å². The maximum atomic E-state index is 11.8. The minimum atomic E-state index is -0.162. The lowest BCUT2D eigenvalue weighted by Gasteiger charge is -2.34. The van der Waals surface area contributed by atoms with E-state index in [0.29, 0.717) is 11.3 Å². The van der Waals surface area contributed by atoms with Crippen LogP contribution in [-0.2, 0) is 4.74 Å². The molecule has 0 saturated heterocycles. The van der Waals surface area contributed by atoms with Gasteiger partial charge in [-0.2, -0.15) is 0 Å². The first-order chi connectivity index (χ1) is 7.70. The number of carbonyl (C=O) groups excluding carboxylic acids is 1. The zero-order valence-corrected chi connectivity index (χ0v) is 9.14. The summed E-state index contributed by atoms with van der Waals surface area (Å²) < 4.78 is 5.14. The molecule has 1 heterocycles. The molecule has 1 aromatic heterocycles. The summed E-state index contributed by atoms with van der Waals surface area (Å²) in [6, 6.07) is 1.81. The smallest absolute Gasteiger partial charge is 0.255 e. The third-order valence-electron chi connectivity index (χ3n) is 2.86. The minimum absolute atomic E-state index is 0.162. The Morgan fingerprint density at radius 1 is 1.62 bits per heavy atom. The second-order valence-electron chi connectivity index (χ2n) is 3.96. The molecule has 0 aliphatic heterocycles. The number of rotatable bonds is 3. The van der Waals surface area contributed by atoms with Crippen LogP contribution in [0.15, 0.2) is 18.5 Å². The highest BCUT2D eigenvalue weighted by Gasteiger charge is 2.30. The third-order valence-corrected chi connectivity index (χ3v) is 2.86. The molecule has 5 nitrogen and oxygen atoms in total. The van der Waals surface area contributed by atoms with Gasteiger partial charge in [-0.05, 0) is 18.9 Å². The average molecular weight is 221 g/mol. The van der Waals surface area contributed by atoms with E-state index in [1.165, 1.54) is 6.20 Å². The van der Waals surface area contributed by atoms with Crippen molar-refractivity contribution in [3.63, 3.8) is 0 Å². The molecule has 1 aliphatic rings. The van der Waals surface area contributed by atoms with Crippen molar-refractivity contribution in [2.45, 2.75) is 25.0 Å². The van der Waals surface area contributed by atoms with Crippen LogP contribution in [0.5, 0.6) is 0 Å². The first-order valence-corrected chi connectivity index (χ1v) is 5.24. The number of hydrogen-bond donors (Lipinski definition) is 2. The molecule has 3 N–H and O–H groups in total. The van der Waals surface area contributed by atoms with E-state index < -0.39 is 0 Å². The summed E-state index contributed by atoms with van der Waals surface area (Å²) in [6.45, 7) is 0. The van der Waals surface area contributed by atoms with Crippen LogP contribution in [0.3, 0.4) is 0 Å². The van der Waals surface area contributed by atoms with Crippen LogP contribution in [0.1, 0.15) is 23.2 Å². The number of nitrogens with one attached hydrogen (secondary N) is 1. The summed E-state index contributed by atoms with van der Waals surface area (Å²) in [4.78, 5) is 15.7. The Labute approximate surface area is 94.0 Å². The van der Waals surface area contributed by atoms with Gasteiger partial charge in [-0.15, -0.1) is 0 Å². The van der Waals surface area contributed by atoms with E-state index in [1.54, 1.807) is 19.4 Å². The fourth-order valence-electron chi connectivity index (χ4n) is 1.73. The van der Waals surface area contributed by atoms with Crippen molar-refractivity contribution >= 4 is 11.6 Å². The minimum Gasteiger partial charge on any atom is -0.398 e. The largest absolute Gasteiger partial charge is 0.398 e. The molecule has 1 aliphatic carbocycles. The maximum Gasteiger partial charge on any atom is 0.255 e. The molecular formula is C11H15N3O2. The van der Waals surface area contributed by atoms with Gasteiger partial charge >= 0.3 is 0 Å². The Balaban J connectivity index is 1.92. The van der Waals surface area contributed by atoms with Gasteiger partial charge in [0.15, 0.2) is 0 Å². The fraction of sp³-hybridized carbons (Fsp3) is 0.455. The standard InChI is InChI=1S/C11H15N3O2/c1-16-8-4-7(5-8)14-11(15)9-6-13-3-2-10(9)12/h2-3,6-8H,4-5H2,1H3,(H2,12,13)(H,14,15). The predicted octanol–water partition coefficient (Wildman–Crippen LogP) is 0.571. The SMILES string of the molecule is COC1CC(NC(=O)c2cnccc2N)C1. The number of hydrogen-bond acceptors (Lipinski definition) is 4. The lowest BCUT2D eigenvalue weighted by Crippen LogP contribution is -2.47. The summed E-state index contributed by atoms with van der Waals surface area (Å²) in [5, 5.41) is 2.90. The summed E-state index contributed by atoms with van der Waals surface area (Å²) in [7, 11) is 1.68. The molecular weight excluding hydrogens is 206 g/mol. The molecule has 1 aromatic rings. The molecule has 0 spiro atoms. The predicted molar refractivity (Wildman–Crippen MR) is 59.9 cm³/mol. The lowest BCUT2D eigenvalue weighted by atomic mass is 9.89. The van der Waals surface area contributed by atoms with Crippen LogP contribution in [0.25, 0.3) is 0 Å². The Morgan fingerprint density at radius 2 is 2.38 bits per heavy atom. The summed E-state index contributed by atoms with van der Waals surface area (Å²) >= 11 is 0. The molecule has 0 atom stereocenters. The van der Waals surface area contributed by atoms with E-state index in [1.807, 2.05) is 0 Å². The second-order valence-corrected chi connectivity index (χ2v) is 3.96. The van der Waals surface area contributed by atoms with E-state index in [2.05, 4.69) is 10.3 Å². The van der Waals surface area contributed by atoms with Gasteiger partial charge in [0.25, 0.3) is 5.91 Å². The van der Waals surface area contributed by atoms with Gasteiger partial charge in [0.1, 0.15) is 0 Å². The van der Waals surface area contributed by atoms with Crippen LogP contribution >= 0.6 is 0 Å². The number of ether oxygens (including phenoxy) is 1. The van der Waals surface area contributed by atoms with Gasteiger partial charge in [-0.25, -0.2) is 0 Å². The van der Waals surface area contributed by atoms with Crippen LogP contribution < -0.4 is 11.1 Å². The topological polar surface area (TPSA) is 77.2 Å². The van der Waals surface area contributed by atoms with Gasteiger partial charge in [0.2, 0.25) is 0 Å². The first kappa shape index (κ1) is 10.9. The number of anilines is 1. The van der Waals surface area contributed by atoms with E-state index in [9.17, 15) is 4.79 Å². The molecule has 16 heavy (non-hydrogen) atoms. The molecule has 0 bridgehead atoms. The van der Waals surface area contributed by atoms with E-state index in [4.69, 9.17) is 10.5 Å². The molecule has 1 amide bonds. The highest BCUT2D eigenvalue weighted by molar-refractivity contribution is 5.98. The first-order valence-electron chi connectivity index (χ1n) is 5.24. The van der Waals surface area contributed by atoms with Crippen molar-refractivity contribution in [2.75, 3.05) is 12.8 Å². The number of amides is 1. The van der Waals surface area contributed by atoms with Crippen LogP contribution in [-0.4, -0.2) is 30.1 Å². The molecule has 0 radical (unpaired) electrons. The zero-order valence-electron chi connectivity index (χ0n) is 9.14. The Kier molecular flexibility index (Phi) is 3.05. The van der Waals surface area contributed by atoms with Crippen LogP contribution in [0.4, 0.5) is 5.69 Å². The summed E-state index contributed by atoms with van der Waals surface area (Å²) in [5.41, 5.74) is 6.57. The number of pyridine rings is 1. The lowest BCUT2D eigenvalue weighted by molar-refractivity contribution is 0.0176. The number of carbonyl (C=O) groups is 1. The van der Waals surface area contributed by atoms with Crippen molar-refractivity contribution < 1.29 is 9.53 Å². The number of methoxy groups -OCH3 is 1. The van der Waals surface area contributed by atoms with Gasteiger partial charge in [0.05, 0.1) is 11.7 Å². The third kappa shape index (κ3) is 2.14. The van der Waals surface area contributed by atoms with Gasteiger partial charge in [0, 0.05) is 31.2 Å². The van der Waals surface area contributed by atoms with Crippen molar-refractivity contribution in [3.8, 4) is 0 Å². The Morgan fingerprint density at radius 3 is 3.00 bits per heavy atom. The molecule has 0 unspecified atom stereocenters. The summed E-state index contributed by atoms with van der Waals surface area (Å²) in [5.74, 6) is -0.162. The van der Waals surface area contributed by atoms with Crippen molar-refractivity contribution in [3.05, 3.63) is 24.0 Å². The number of aromatic nitrogens is 1. The quantitative estimate of drug-likeness (QED) is 0.782. The fourth-order valence-corrected chi connectivity index (χ4v) is 1.73. The molecule has 2 rings (SSSR count). The van der Waals surface area contributed by atoms with Gasteiger partial charge in [-0.1, -0.05) is 0 Å². The van der Waals surface area contributed by atoms with Crippen molar-refractivity contribution in [1.29, 1.82) is 0 Å². The van der Waals surface area contributed by atoms with Crippen LogP contribution in [0.2, 0.25) is 0 Å². The monoisotopic (exact) mass is 221 g/mol. The summed E-state index contributed by atoms with van der Waals surface area (Å²) in [6.07, 6.45) is 5.05. The van der Waals surface area contributed by atoms with E-state index >= 15 is 0 Å².